The normalized spacial score (nSPS) is 12.2. The molecule has 3 aromatic rings. The van der Waals surface area contributed by atoms with E-state index in [2.05, 4.69) is 15.0 Å². The van der Waals surface area contributed by atoms with E-state index in [0.29, 0.717) is 11.5 Å². The molecule has 4 rings (SSSR count). The number of H-pyrrole nitrogens is 1. The predicted octanol–water partition coefficient (Wildman–Crippen LogP) is 0.481. The Morgan fingerprint density at radius 2 is 2.17 bits per heavy atom. The number of nitrogens with zero attached hydrogens (tertiary/aromatic N) is 3. The number of ether oxygens (including phenoxy) is 2. The standard InChI is InChI=1S/C13H11N5O4.ClH/c14-13-17-11-10(15-5-16-11)12(19)18(13)22-4-7-1-2-8-9(3-7)21-6-20-8;/h1-3,5H,4,6H2,(H2,14,17)(H,15,16);1H. The Morgan fingerprint density at radius 1 is 1.35 bits per heavy atom. The Morgan fingerprint density at radius 3 is 3.04 bits per heavy atom. The molecule has 0 radical (unpaired) electrons. The maximum Gasteiger partial charge on any atom is 0.314 e. The summed E-state index contributed by atoms with van der Waals surface area (Å²) in [4.78, 5) is 28.3. The van der Waals surface area contributed by atoms with Crippen molar-refractivity contribution in [3.05, 3.63) is 40.4 Å². The van der Waals surface area contributed by atoms with Gasteiger partial charge in [-0.3, -0.25) is 4.79 Å². The molecule has 1 aliphatic rings. The number of hydrogen-bond donors (Lipinski definition) is 2. The lowest BCUT2D eigenvalue weighted by Gasteiger charge is -2.10. The molecule has 3 heterocycles. The molecule has 0 fully saturated rings. The molecular formula is C13H12ClN5O4. The van der Waals surface area contributed by atoms with Crippen LogP contribution in [0.5, 0.6) is 11.5 Å². The summed E-state index contributed by atoms with van der Waals surface area (Å²) in [5, 5.41) is 0. The average Bonchev–Trinajstić information content (AvgIpc) is 3.14. The summed E-state index contributed by atoms with van der Waals surface area (Å²) in [6.45, 7) is 0.328. The van der Waals surface area contributed by atoms with E-state index >= 15 is 0 Å². The van der Waals surface area contributed by atoms with E-state index in [4.69, 9.17) is 20.0 Å². The van der Waals surface area contributed by atoms with Crippen LogP contribution >= 0.6 is 12.4 Å². The number of aromatic nitrogens is 4. The first kappa shape index (κ1) is 15.0. The number of nitrogen functional groups attached to an aromatic ring is 1. The summed E-state index contributed by atoms with van der Waals surface area (Å²) in [6.07, 6.45) is 1.38. The van der Waals surface area contributed by atoms with E-state index in [0.717, 1.165) is 10.3 Å². The van der Waals surface area contributed by atoms with Crippen LogP contribution in [-0.2, 0) is 6.61 Å². The quantitative estimate of drug-likeness (QED) is 0.713. The minimum atomic E-state index is -0.444. The number of halogens is 1. The van der Waals surface area contributed by atoms with E-state index in [1.54, 1.807) is 12.1 Å². The molecule has 2 aromatic heterocycles. The van der Waals surface area contributed by atoms with Crippen LogP contribution in [0.25, 0.3) is 11.2 Å². The van der Waals surface area contributed by atoms with Gasteiger partial charge in [0.2, 0.25) is 12.7 Å². The summed E-state index contributed by atoms with van der Waals surface area (Å²) < 4.78 is 11.5. The first-order valence-corrected chi connectivity index (χ1v) is 6.46. The van der Waals surface area contributed by atoms with Gasteiger partial charge < -0.3 is 25.0 Å². The van der Waals surface area contributed by atoms with Gasteiger partial charge in [-0.2, -0.15) is 4.98 Å². The van der Waals surface area contributed by atoms with Crippen LogP contribution < -0.4 is 25.6 Å². The van der Waals surface area contributed by atoms with Gasteiger partial charge in [0.15, 0.2) is 22.7 Å². The van der Waals surface area contributed by atoms with Crippen molar-refractivity contribution in [2.75, 3.05) is 12.5 Å². The van der Waals surface area contributed by atoms with Gasteiger partial charge in [-0.1, -0.05) is 6.07 Å². The number of aromatic amines is 1. The van der Waals surface area contributed by atoms with Crippen molar-refractivity contribution in [3.63, 3.8) is 0 Å². The number of hydrogen-bond acceptors (Lipinski definition) is 7. The van der Waals surface area contributed by atoms with Crippen LogP contribution in [0, 0.1) is 0 Å². The van der Waals surface area contributed by atoms with Crippen molar-refractivity contribution in [3.8, 4) is 11.5 Å². The molecule has 10 heteroatoms. The largest absolute Gasteiger partial charge is 0.454 e. The summed E-state index contributed by atoms with van der Waals surface area (Å²) in [7, 11) is 0. The van der Waals surface area contributed by atoms with E-state index in [1.165, 1.54) is 6.33 Å². The Balaban J connectivity index is 0.00000156. The smallest absolute Gasteiger partial charge is 0.314 e. The zero-order valence-corrected chi connectivity index (χ0v) is 12.5. The molecule has 9 nitrogen and oxygen atoms in total. The van der Waals surface area contributed by atoms with Crippen molar-refractivity contribution in [1.29, 1.82) is 0 Å². The third-order valence-corrected chi connectivity index (χ3v) is 3.24. The number of fused-ring (bicyclic) bond motifs is 2. The molecule has 23 heavy (non-hydrogen) atoms. The van der Waals surface area contributed by atoms with Gasteiger partial charge in [0.1, 0.15) is 6.61 Å². The molecule has 0 amide bonds. The first-order chi connectivity index (χ1) is 10.7. The summed E-state index contributed by atoms with van der Waals surface area (Å²) in [5.74, 6) is 1.26. The zero-order chi connectivity index (χ0) is 15.1. The summed E-state index contributed by atoms with van der Waals surface area (Å²) >= 11 is 0. The van der Waals surface area contributed by atoms with Gasteiger partial charge in [-0.05, 0) is 17.7 Å². The molecule has 0 aliphatic carbocycles. The minimum absolute atomic E-state index is 0. The fraction of sp³-hybridized carbons (Fsp3) is 0.154. The third kappa shape index (κ3) is 2.50. The molecular weight excluding hydrogens is 326 g/mol. The summed E-state index contributed by atoms with van der Waals surface area (Å²) in [6, 6.07) is 5.38. The second-order valence-electron chi connectivity index (χ2n) is 4.63. The highest BCUT2D eigenvalue weighted by molar-refractivity contribution is 5.85. The molecule has 0 saturated carbocycles. The highest BCUT2D eigenvalue weighted by atomic mass is 35.5. The topological polar surface area (TPSA) is 117 Å². The molecule has 0 atom stereocenters. The predicted molar refractivity (Wildman–Crippen MR) is 82.7 cm³/mol. The lowest BCUT2D eigenvalue weighted by molar-refractivity contribution is 0.0931. The monoisotopic (exact) mass is 337 g/mol. The number of anilines is 1. The third-order valence-electron chi connectivity index (χ3n) is 3.24. The number of nitrogens with one attached hydrogen (secondary N) is 1. The molecule has 1 aliphatic heterocycles. The van der Waals surface area contributed by atoms with Crippen LogP contribution in [0.15, 0.2) is 29.3 Å². The number of nitrogens with two attached hydrogens (primary N) is 1. The Labute approximate surface area is 135 Å². The molecule has 120 valence electrons. The lowest BCUT2D eigenvalue weighted by Crippen LogP contribution is -2.30. The van der Waals surface area contributed by atoms with Gasteiger partial charge in [0.05, 0.1) is 6.33 Å². The van der Waals surface area contributed by atoms with E-state index in [9.17, 15) is 4.79 Å². The van der Waals surface area contributed by atoms with Crippen LogP contribution in [0.3, 0.4) is 0 Å². The molecule has 3 N–H and O–H groups in total. The number of rotatable bonds is 3. The number of benzene rings is 1. The Kier molecular flexibility index (Phi) is 3.70. The maximum atomic E-state index is 12.2. The molecule has 0 spiro atoms. The van der Waals surface area contributed by atoms with Crippen LogP contribution in [0.1, 0.15) is 5.56 Å². The van der Waals surface area contributed by atoms with E-state index in [1.807, 2.05) is 6.07 Å². The van der Waals surface area contributed by atoms with Gasteiger partial charge in [-0.25, -0.2) is 4.98 Å². The Hall–Kier alpha value is -2.94. The van der Waals surface area contributed by atoms with Crippen molar-refractivity contribution < 1.29 is 14.3 Å². The van der Waals surface area contributed by atoms with Crippen molar-refractivity contribution >= 4 is 29.5 Å². The van der Waals surface area contributed by atoms with E-state index in [-0.39, 0.29) is 42.9 Å². The second kappa shape index (κ2) is 5.69. The lowest BCUT2D eigenvalue weighted by atomic mass is 10.2. The van der Waals surface area contributed by atoms with E-state index < -0.39 is 5.56 Å². The van der Waals surface area contributed by atoms with Crippen LogP contribution in [0.2, 0.25) is 0 Å². The van der Waals surface area contributed by atoms with Gasteiger partial charge in [-0.15, -0.1) is 17.1 Å². The fourth-order valence-electron chi connectivity index (χ4n) is 2.18. The molecule has 0 unspecified atom stereocenters. The van der Waals surface area contributed by atoms with Crippen LogP contribution in [0.4, 0.5) is 5.95 Å². The Bertz CT molecular complexity index is 922. The van der Waals surface area contributed by atoms with Crippen molar-refractivity contribution in [2.24, 2.45) is 0 Å². The highest BCUT2D eigenvalue weighted by Crippen LogP contribution is 2.32. The molecule has 1 aromatic carbocycles. The minimum Gasteiger partial charge on any atom is -0.454 e. The summed E-state index contributed by atoms with van der Waals surface area (Å²) in [5.41, 5.74) is 6.58. The zero-order valence-electron chi connectivity index (χ0n) is 11.7. The molecule has 0 bridgehead atoms. The fourth-order valence-corrected chi connectivity index (χ4v) is 2.18. The van der Waals surface area contributed by atoms with Gasteiger partial charge in [0.25, 0.3) is 0 Å². The second-order valence-corrected chi connectivity index (χ2v) is 4.63. The van der Waals surface area contributed by atoms with Crippen molar-refractivity contribution in [2.45, 2.75) is 6.61 Å². The van der Waals surface area contributed by atoms with Crippen LogP contribution in [-0.4, -0.2) is 26.5 Å². The SMILES string of the molecule is Cl.Nc1nc2nc[nH]c2c(=O)n1OCc1ccc2c(c1)OCO2. The highest BCUT2D eigenvalue weighted by Gasteiger charge is 2.15. The first-order valence-electron chi connectivity index (χ1n) is 6.46. The van der Waals surface area contributed by atoms with Gasteiger partial charge >= 0.3 is 5.56 Å². The average molecular weight is 338 g/mol. The maximum absolute atomic E-state index is 12.2. The molecule has 0 saturated heterocycles. The van der Waals surface area contributed by atoms with Gasteiger partial charge in [0, 0.05) is 0 Å². The van der Waals surface area contributed by atoms with Crippen molar-refractivity contribution in [1.82, 2.24) is 19.7 Å². The number of imidazole rings is 1.